The molecule has 2 aromatic carbocycles. The Bertz CT molecular complexity index is 582. The van der Waals surface area contributed by atoms with Gasteiger partial charge < -0.3 is 15.2 Å². The summed E-state index contributed by atoms with van der Waals surface area (Å²) in [6.45, 7) is 0.617. The Hall–Kier alpha value is -2.49. The van der Waals surface area contributed by atoms with E-state index in [0.29, 0.717) is 29.8 Å². The van der Waals surface area contributed by atoms with Gasteiger partial charge >= 0.3 is 0 Å². The Balaban J connectivity index is 2.10. The number of ether oxygens (including phenoxy) is 1. The molecule has 0 bridgehead atoms. The number of carbonyl (C=O) groups is 1. The fourth-order valence-corrected chi connectivity index (χ4v) is 2.01. The molecule has 0 fully saturated rings. The first-order valence-electron chi connectivity index (χ1n) is 6.39. The van der Waals surface area contributed by atoms with Crippen LogP contribution in [0.25, 0.3) is 0 Å². The lowest BCUT2D eigenvalue weighted by molar-refractivity contribution is 0.112. The number of aldehydes is 1. The van der Waals surface area contributed by atoms with Crippen molar-refractivity contribution < 1.29 is 14.6 Å². The Labute approximate surface area is 118 Å². The highest BCUT2D eigenvalue weighted by atomic mass is 16.5. The van der Waals surface area contributed by atoms with Crippen LogP contribution in [0.5, 0.6) is 11.5 Å². The smallest absolute Gasteiger partial charge is 0.182 e. The lowest BCUT2D eigenvalue weighted by Crippen LogP contribution is -2.07. The van der Waals surface area contributed by atoms with Gasteiger partial charge in [-0.3, -0.25) is 4.79 Å². The van der Waals surface area contributed by atoms with E-state index in [-0.39, 0.29) is 5.75 Å². The predicted octanol–water partition coefficient (Wildman–Crippen LogP) is 2.87. The summed E-state index contributed by atoms with van der Waals surface area (Å²) in [5.41, 5.74) is 2.02. The first-order valence-corrected chi connectivity index (χ1v) is 6.39. The van der Waals surface area contributed by atoms with E-state index in [1.807, 2.05) is 30.3 Å². The lowest BCUT2D eigenvalue weighted by Gasteiger charge is -2.13. The molecule has 2 rings (SSSR count). The molecule has 4 nitrogen and oxygen atoms in total. The number of carbonyl (C=O) groups excluding carboxylic acids is 1. The number of benzene rings is 2. The van der Waals surface area contributed by atoms with E-state index in [2.05, 4.69) is 5.32 Å². The van der Waals surface area contributed by atoms with Crippen LogP contribution in [0.2, 0.25) is 0 Å². The number of hydrogen-bond donors (Lipinski definition) is 2. The minimum absolute atomic E-state index is 0.0369. The molecular weight excluding hydrogens is 254 g/mol. The summed E-state index contributed by atoms with van der Waals surface area (Å²) in [6.07, 6.45) is 1.51. The summed E-state index contributed by atoms with van der Waals surface area (Å²) in [5.74, 6) is 0.308. The van der Waals surface area contributed by atoms with E-state index in [0.717, 1.165) is 6.42 Å². The minimum atomic E-state index is -0.0369. The third-order valence-corrected chi connectivity index (χ3v) is 3.08. The maximum Gasteiger partial charge on any atom is 0.182 e. The molecule has 4 heteroatoms. The second-order valence-electron chi connectivity index (χ2n) is 4.36. The molecular formula is C16H17NO3. The molecule has 2 N–H and O–H groups in total. The first kappa shape index (κ1) is 13.9. The Morgan fingerprint density at radius 1 is 1.20 bits per heavy atom. The maximum absolute atomic E-state index is 11.0. The molecule has 2 aromatic rings. The molecule has 0 aromatic heterocycles. The number of phenolic OH excluding ortho intramolecular Hbond substituents is 1. The molecule has 0 saturated carbocycles. The van der Waals surface area contributed by atoms with Crippen molar-refractivity contribution in [3.05, 3.63) is 53.6 Å². The van der Waals surface area contributed by atoms with Gasteiger partial charge in [-0.1, -0.05) is 30.3 Å². The summed E-state index contributed by atoms with van der Waals surface area (Å²) < 4.78 is 5.04. The predicted molar refractivity (Wildman–Crippen MR) is 78.7 cm³/mol. The molecule has 0 unspecified atom stereocenters. The van der Waals surface area contributed by atoms with Crippen LogP contribution < -0.4 is 10.1 Å². The Kier molecular flexibility index (Phi) is 4.60. The SMILES string of the molecule is COc1ccc(C=O)c(NCCc2ccccc2)c1O. The van der Waals surface area contributed by atoms with Crippen LogP contribution in [-0.2, 0) is 6.42 Å². The topological polar surface area (TPSA) is 58.6 Å². The zero-order chi connectivity index (χ0) is 14.4. The Morgan fingerprint density at radius 3 is 2.60 bits per heavy atom. The second kappa shape index (κ2) is 6.61. The number of phenols is 1. The van der Waals surface area contributed by atoms with Gasteiger partial charge in [-0.15, -0.1) is 0 Å². The van der Waals surface area contributed by atoms with E-state index in [4.69, 9.17) is 4.74 Å². The monoisotopic (exact) mass is 271 g/mol. The Morgan fingerprint density at radius 2 is 1.95 bits per heavy atom. The number of aromatic hydroxyl groups is 1. The van der Waals surface area contributed by atoms with Gasteiger partial charge in [0.15, 0.2) is 17.8 Å². The molecule has 0 heterocycles. The largest absolute Gasteiger partial charge is 0.503 e. The van der Waals surface area contributed by atoms with Crippen molar-refractivity contribution in [2.24, 2.45) is 0 Å². The standard InChI is InChI=1S/C16H17NO3/c1-20-14-8-7-13(11-18)15(16(14)19)17-10-9-12-5-3-2-4-6-12/h2-8,11,17,19H,9-10H2,1H3. The van der Waals surface area contributed by atoms with Gasteiger partial charge in [0.1, 0.15) is 0 Å². The number of methoxy groups -OCH3 is 1. The third-order valence-electron chi connectivity index (χ3n) is 3.08. The molecule has 0 aliphatic heterocycles. The molecule has 104 valence electrons. The van der Waals surface area contributed by atoms with Gasteiger partial charge in [-0.2, -0.15) is 0 Å². The van der Waals surface area contributed by atoms with Gasteiger partial charge in [0.25, 0.3) is 0 Å². The summed E-state index contributed by atoms with van der Waals surface area (Å²) >= 11 is 0. The van der Waals surface area contributed by atoms with Crippen molar-refractivity contribution in [3.8, 4) is 11.5 Å². The molecule has 0 aliphatic rings. The van der Waals surface area contributed by atoms with Gasteiger partial charge in [0, 0.05) is 12.1 Å². The summed E-state index contributed by atoms with van der Waals surface area (Å²) in [4.78, 5) is 11.0. The normalized spacial score (nSPS) is 10.1. The molecule has 0 aliphatic carbocycles. The highest BCUT2D eigenvalue weighted by molar-refractivity contribution is 5.88. The van der Waals surface area contributed by atoms with Crippen molar-refractivity contribution >= 4 is 12.0 Å². The van der Waals surface area contributed by atoms with Crippen LogP contribution in [-0.4, -0.2) is 25.0 Å². The lowest BCUT2D eigenvalue weighted by atomic mass is 10.1. The van der Waals surface area contributed by atoms with Crippen LogP contribution in [0, 0.1) is 0 Å². The van der Waals surface area contributed by atoms with Crippen LogP contribution in [0.4, 0.5) is 5.69 Å². The molecule has 0 spiro atoms. The van der Waals surface area contributed by atoms with Crippen LogP contribution in [0.15, 0.2) is 42.5 Å². The minimum Gasteiger partial charge on any atom is -0.503 e. The van der Waals surface area contributed by atoms with E-state index in [1.54, 1.807) is 12.1 Å². The van der Waals surface area contributed by atoms with E-state index in [9.17, 15) is 9.90 Å². The molecule has 0 atom stereocenters. The first-order chi connectivity index (χ1) is 9.76. The van der Waals surface area contributed by atoms with Gasteiger partial charge in [0.05, 0.1) is 12.8 Å². The molecule has 0 radical (unpaired) electrons. The highest BCUT2D eigenvalue weighted by Gasteiger charge is 2.12. The summed E-state index contributed by atoms with van der Waals surface area (Å²) in [6, 6.07) is 13.2. The van der Waals surface area contributed by atoms with Gasteiger partial charge in [-0.25, -0.2) is 0 Å². The summed E-state index contributed by atoms with van der Waals surface area (Å²) in [7, 11) is 1.48. The van der Waals surface area contributed by atoms with E-state index in [1.165, 1.54) is 12.7 Å². The molecule has 0 amide bonds. The van der Waals surface area contributed by atoms with E-state index < -0.39 is 0 Å². The van der Waals surface area contributed by atoms with E-state index >= 15 is 0 Å². The number of hydrogen-bond acceptors (Lipinski definition) is 4. The highest BCUT2D eigenvalue weighted by Crippen LogP contribution is 2.36. The van der Waals surface area contributed by atoms with Gasteiger partial charge in [0.2, 0.25) is 0 Å². The van der Waals surface area contributed by atoms with Crippen molar-refractivity contribution in [2.75, 3.05) is 19.0 Å². The fourth-order valence-electron chi connectivity index (χ4n) is 2.01. The average molecular weight is 271 g/mol. The maximum atomic E-state index is 11.0. The second-order valence-corrected chi connectivity index (χ2v) is 4.36. The van der Waals surface area contributed by atoms with Crippen LogP contribution in [0.3, 0.4) is 0 Å². The van der Waals surface area contributed by atoms with Crippen molar-refractivity contribution in [1.82, 2.24) is 0 Å². The van der Waals surface area contributed by atoms with Crippen LogP contribution in [0.1, 0.15) is 15.9 Å². The number of nitrogens with one attached hydrogen (secondary N) is 1. The molecule has 20 heavy (non-hydrogen) atoms. The van der Waals surface area contributed by atoms with Gasteiger partial charge in [-0.05, 0) is 24.1 Å². The quantitative estimate of drug-likeness (QED) is 0.626. The number of anilines is 1. The van der Waals surface area contributed by atoms with Crippen LogP contribution >= 0.6 is 0 Å². The fraction of sp³-hybridized carbons (Fsp3) is 0.188. The zero-order valence-electron chi connectivity index (χ0n) is 11.3. The van der Waals surface area contributed by atoms with Crippen molar-refractivity contribution in [3.63, 3.8) is 0 Å². The zero-order valence-corrected chi connectivity index (χ0v) is 11.3. The van der Waals surface area contributed by atoms with Crippen molar-refractivity contribution in [2.45, 2.75) is 6.42 Å². The van der Waals surface area contributed by atoms with Crippen molar-refractivity contribution in [1.29, 1.82) is 0 Å². The third kappa shape index (κ3) is 3.09. The molecule has 0 saturated heterocycles. The number of rotatable bonds is 6. The average Bonchev–Trinajstić information content (AvgIpc) is 2.50. The summed E-state index contributed by atoms with van der Waals surface area (Å²) in [5, 5.41) is 13.1.